The van der Waals surface area contributed by atoms with Gasteiger partial charge in [0.1, 0.15) is 5.82 Å². The molecular formula is C13H14ClFO2. The van der Waals surface area contributed by atoms with Crippen LogP contribution in [0.4, 0.5) is 4.39 Å². The second-order valence-corrected chi connectivity index (χ2v) is 5.12. The van der Waals surface area contributed by atoms with Crippen molar-refractivity contribution in [1.29, 1.82) is 0 Å². The number of carboxylic acid groups (broad SMARTS) is 1. The number of aliphatic carboxylic acids is 1. The van der Waals surface area contributed by atoms with Crippen molar-refractivity contribution in [3.63, 3.8) is 0 Å². The predicted octanol–water partition coefficient (Wildman–Crippen LogP) is 3.68. The van der Waals surface area contributed by atoms with Gasteiger partial charge in [-0.05, 0) is 37.5 Å². The molecule has 0 bridgehead atoms. The molecule has 1 aromatic rings. The van der Waals surface area contributed by atoms with Gasteiger partial charge in [-0.25, -0.2) is 4.39 Å². The van der Waals surface area contributed by atoms with Crippen LogP contribution in [0.15, 0.2) is 12.1 Å². The van der Waals surface area contributed by atoms with E-state index in [1.807, 2.05) is 0 Å². The van der Waals surface area contributed by atoms with Crippen molar-refractivity contribution in [3.8, 4) is 0 Å². The third-order valence-electron chi connectivity index (χ3n) is 3.60. The van der Waals surface area contributed by atoms with Crippen molar-refractivity contribution in [1.82, 2.24) is 0 Å². The molecule has 1 aliphatic rings. The molecule has 4 heteroatoms. The average Bonchev–Trinajstić information content (AvgIpc) is 2.73. The van der Waals surface area contributed by atoms with Crippen LogP contribution in [0.5, 0.6) is 0 Å². The largest absolute Gasteiger partial charge is 0.481 e. The van der Waals surface area contributed by atoms with Crippen LogP contribution < -0.4 is 0 Å². The van der Waals surface area contributed by atoms with Crippen LogP contribution in [-0.2, 0) is 10.2 Å². The number of carbonyl (C=O) groups is 1. The number of hydrogen-bond acceptors (Lipinski definition) is 1. The normalized spacial score (nSPS) is 18.3. The highest BCUT2D eigenvalue weighted by Crippen LogP contribution is 2.43. The highest BCUT2D eigenvalue weighted by atomic mass is 35.5. The fourth-order valence-electron chi connectivity index (χ4n) is 2.65. The second-order valence-electron chi connectivity index (χ2n) is 4.68. The van der Waals surface area contributed by atoms with Crippen LogP contribution in [-0.4, -0.2) is 11.1 Å². The van der Waals surface area contributed by atoms with Gasteiger partial charge in [-0.3, -0.25) is 4.79 Å². The number of carboxylic acids is 1. The Kier molecular flexibility index (Phi) is 3.13. The third kappa shape index (κ3) is 1.93. The van der Waals surface area contributed by atoms with Gasteiger partial charge in [0.25, 0.3) is 0 Å². The van der Waals surface area contributed by atoms with E-state index in [0.29, 0.717) is 23.4 Å². The van der Waals surface area contributed by atoms with Crippen LogP contribution in [0.3, 0.4) is 0 Å². The van der Waals surface area contributed by atoms with Gasteiger partial charge in [0.05, 0.1) is 5.41 Å². The van der Waals surface area contributed by atoms with E-state index in [9.17, 15) is 14.3 Å². The molecule has 0 aromatic heterocycles. The van der Waals surface area contributed by atoms with E-state index in [4.69, 9.17) is 11.6 Å². The molecule has 1 aromatic carbocycles. The summed E-state index contributed by atoms with van der Waals surface area (Å²) in [5.41, 5.74) is -0.438. The summed E-state index contributed by atoms with van der Waals surface area (Å²) in [7, 11) is 0. The molecule has 92 valence electrons. The Bertz CT molecular complexity index is 465. The number of halogens is 2. The monoisotopic (exact) mass is 256 g/mol. The molecule has 0 radical (unpaired) electrons. The number of benzene rings is 1. The van der Waals surface area contributed by atoms with Crippen molar-refractivity contribution >= 4 is 17.6 Å². The second kappa shape index (κ2) is 4.30. The van der Waals surface area contributed by atoms with Gasteiger partial charge in [0, 0.05) is 10.6 Å². The van der Waals surface area contributed by atoms with E-state index in [1.165, 1.54) is 12.1 Å². The minimum absolute atomic E-state index is 0.243. The summed E-state index contributed by atoms with van der Waals surface area (Å²) in [4.78, 5) is 11.5. The van der Waals surface area contributed by atoms with Crippen LogP contribution in [0.25, 0.3) is 0 Å². The maximum atomic E-state index is 14.1. The molecule has 1 N–H and O–H groups in total. The van der Waals surface area contributed by atoms with E-state index in [0.717, 1.165) is 12.8 Å². The van der Waals surface area contributed by atoms with Crippen LogP contribution >= 0.6 is 11.6 Å². The SMILES string of the molecule is Cc1cc(Cl)cc(C2(C(=O)O)CCCC2)c1F. The van der Waals surface area contributed by atoms with E-state index >= 15 is 0 Å². The number of rotatable bonds is 2. The Morgan fingerprint density at radius 1 is 1.41 bits per heavy atom. The molecule has 1 saturated carbocycles. The van der Waals surface area contributed by atoms with Crippen molar-refractivity contribution in [2.75, 3.05) is 0 Å². The summed E-state index contributed by atoms with van der Waals surface area (Å²) in [6, 6.07) is 2.98. The molecule has 0 aliphatic heterocycles. The Labute approximate surface area is 104 Å². The first-order valence-corrected chi connectivity index (χ1v) is 6.05. The fraction of sp³-hybridized carbons (Fsp3) is 0.462. The van der Waals surface area contributed by atoms with Gasteiger partial charge >= 0.3 is 5.97 Å². The zero-order valence-electron chi connectivity index (χ0n) is 9.59. The number of aryl methyl sites for hydroxylation is 1. The lowest BCUT2D eigenvalue weighted by molar-refractivity contribution is -0.143. The van der Waals surface area contributed by atoms with Crippen molar-refractivity contribution in [2.45, 2.75) is 38.0 Å². The third-order valence-corrected chi connectivity index (χ3v) is 3.82. The Morgan fingerprint density at radius 2 is 2.00 bits per heavy atom. The summed E-state index contributed by atoms with van der Waals surface area (Å²) in [5.74, 6) is -1.38. The first-order valence-electron chi connectivity index (χ1n) is 5.67. The van der Waals surface area contributed by atoms with Gasteiger partial charge < -0.3 is 5.11 Å². The van der Waals surface area contributed by atoms with Crippen molar-refractivity contribution < 1.29 is 14.3 Å². The molecule has 0 atom stereocenters. The summed E-state index contributed by atoms with van der Waals surface area (Å²) in [6.45, 7) is 1.61. The van der Waals surface area contributed by atoms with Crippen molar-refractivity contribution in [2.24, 2.45) is 0 Å². The summed E-state index contributed by atoms with van der Waals surface area (Å²) < 4.78 is 14.1. The van der Waals surface area contributed by atoms with E-state index < -0.39 is 17.2 Å². The molecule has 0 saturated heterocycles. The quantitative estimate of drug-likeness (QED) is 0.876. The molecular weight excluding hydrogens is 243 g/mol. The van der Waals surface area contributed by atoms with Gasteiger partial charge in [-0.2, -0.15) is 0 Å². The zero-order valence-corrected chi connectivity index (χ0v) is 10.4. The lowest BCUT2D eigenvalue weighted by atomic mass is 9.78. The first kappa shape index (κ1) is 12.4. The molecule has 17 heavy (non-hydrogen) atoms. The van der Waals surface area contributed by atoms with Gasteiger partial charge in [0.2, 0.25) is 0 Å². The molecule has 0 unspecified atom stereocenters. The fourth-order valence-corrected chi connectivity index (χ4v) is 2.92. The van der Waals surface area contributed by atoms with Crippen LogP contribution in [0, 0.1) is 12.7 Å². The highest BCUT2D eigenvalue weighted by molar-refractivity contribution is 6.30. The molecule has 0 amide bonds. The smallest absolute Gasteiger partial charge is 0.314 e. The number of hydrogen-bond donors (Lipinski definition) is 1. The van der Waals surface area contributed by atoms with E-state index in [2.05, 4.69) is 0 Å². The van der Waals surface area contributed by atoms with Crippen molar-refractivity contribution in [3.05, 3.63) is 34.1 Å². The van der Waals surface area contributed by atoms with E-state index in [1.54, 1.807) is 6.92 Å². The Hall–Kier alpha value is -1.09. The lowest BCUT2D eigenvalue weighted by Gasteiger charge is -2.25. The maximum Gasteiger partial charge on any atom is 0.314 e. The Morgan fingerprint density at radius 3 is 2.53 bits per heavy atom. The van der Waals surface area contributed by atoms with Crippen LogP contribution in [0.2, 0.25) is 5.02 Å². The van der Waals surface area contributed by atoms with Gasteiger partial charge in [-0.1, -0.05) is 24.4 Å². The Balaban J connectivity index is 2.62. The summed E-state index contributed by atoms with van der Waals surface area (Å²) in [6.07, 6.45) is 2.60. The standard InChI is InChI=1S/C13H14ClFO2/c1-8-6-9(14)7-10(11(8)15)13(12(16)17)4-2-3-5-13/h6-7H,2-5H2,1H3,(H,16,17). The molecule has 2 rings (SSSR count). The van der Waals surface area contributed by atoms with Gasteiger partial charge in [-0.15, -0.1) is 0 Å². The summed E-state index contributed by atoms with van der Waals surface area (Å²) >= 11 is 5.91. The molecule has 0 heterocycles. The minimum Gasteiger partial charge on any atom is -0.481 e. The maximum absolute atomic E-state index is 14.1. The average molecular weight is 257 g/mol. The molecule has 1 aliphatic carbocycles. The first-order chi connectivity index (χ1) is 7.97. The zero-order chi connectivity index (χ0) is 12.6. The lowest BCUT2D eigenvalue weighted by Crippen LogP contribution is -2.33. The molecule has 0 spiro atoms. The molecule has 2 nitrogen and oxygen atoms in total. The van der Waals surface area contributed by atoms with Gasteiger partial charge in [0.15, 0.2) is 0 Å². The minimum atomic E-state index is -1.08. The molecule has 1 fully saturated rings. The highest BCUT2D eigenvalue weighted by Gasteiger charge is 2.45. The summed E-state index contributed by atoms with van der Waals surface area (Å²) in [5, 5.41) is 9.81. The predicted molar refractivity (Wildman–Crippen MR) is 63.9 cm³/mol. The van der Waals surface area contributed by atoms with Crippen LogP contribution in [0.1, 0.15) is 36.8 Å². The topological polar surface area (TPSA) is 37.3 Å². The van der Waals surface area contributed by atoms with E-state index in [-0.39, 0.29) is 5.56 Å².